The lowest BCUT2D eigenvalue weighted by Gasteiger charge is -1.96. The maximum Gasteiger partial charge on any atom is 0.703 e. The number of aliphatic hydroxyl groups excluding tert-OH is 1. The molecule has 0 heterocycles. The van der Waals surface area contributed by atoms with Gasteiger partial charge in [-0.05, 0) is 10.4 Å². The van der Waals surface area contributed by atoms with Crippen molar-refractivity contribution in [2.24, 2.45) is 0 Å². The first-order valence-electron chi connectivity index (χ1n) is 2.45. The van der Waals surface area contributed by atoms with Crippen molar-refractivity contribution < 1.29 is 28.3 Å². The predicted molar refractivity (Wildman–Crippen MR) is 37.4 cm³/mol. The molecule has 0 bridgehead atoms. The van der Waals surface area contributed by atoms with Gasteiger partial charge in [-0.25, -0.2) is 0 Å². The van der Waals surface area contributed by atoms with Crippen LogP contribution < -0.4 is 0 Å². The topological polar surface area (TPSA) is 104 Å². The summed E-state index contributed by atoms with van der Waals surface area (Å²) in [7, 11) is -7.13. The van der Waals surface area contributed by atoms with Crippen molar-refractivity contribution in [3.8, 4) is 0 Å². The van der Waals surface area contributed by atoms with Gasteiger partial charge in [0, 0.05) is 4.57 Å². The fourth-order valence-electron chi connectivity index (χ4n) is 0.323. The van der Waals surface area contributed by atoms with Crippen molar-refractivity contribution in [3.63, 3.8) is 0 Å². The molecule has 0 radical (unpaired) electrons. The zero-order chi connectivity index (χ0) is 8.91. The molecule has 0 amide bonds. The summed E-state index contributed by atoms with van der Waals surface area (Å²) in [5, 5.41) is 8.06. The van der Waals surface area contributed by atoms with Gasteiger partial charge in [0.2, 0.25) is 0 Å². The average Bonchev–Trinajstić information content (AvgIpc) is 1.81. The van der Waals surface area contributed by atoms with Crippen LogP contribution in [0.3, 0.4) is 0 Å². The quantitative estimate of drug-likeness (QED) is 0.461. The SMILES string of the molecule is O=[P+](O)OP(=O)(O)CC=CO. The van der Waals surface area contributed by atoms with E-state index in [-0.39, 0.29) is 0 Å². The maximum atomic E-state index is 10.6. The molecule has 0 aromatic carbocycles. The molecule has 64 valence electrons. The van der Waals surface area contributed by atoms with Crippen LogP contribution in [0.4, 0.5) is 0 Å². The van der Waals surface area contributed by atoms with Crippen molar-refractivity contribution in [3.05, 3.63) is 12.3 Å². The monoisotopic (exact) mass is 201 g/mol. The number of rotatable bonds is 4. The van der Waals surface area contributed by atoms with Crippen LogP contribution in [0, 0.1) is 0 Å². The highest BCUT2D eigenvalue weighted by molar-refractivity contribution is 7.59. The Balaban J connectivity index is 4.01. The van der Waals surface area contributed by atoms with Crippen molar-refractivity contribution in [2.75, 3.05) is 6.16 Å². The minimum atomic E-state index is -4.05. The highest BCUT2D eigenvalue weighted by Gasteiger charge is 2.31. The molecular weight excluding hydrogens is 194 g/mol. The summed E-state index contributed by atoms with van der Waals surface area (Å²) in [4.78, 5) is 16.7. The fourth-order valence-corrected chi connectivity index (χ4v) is 1.82. The molecular formula is C3H7O6P2+. The molecule has 3 N–H and O–H groups in total. The Hall–Kier alpha value is -0.250. The van der Waals surface area contributed by atoms with Gasteiger partial charge in [0.1, 0.15) is 0 Å². The van der Waals surface area contributed by atoms with Crippen molar-refractivity contribution in [2.45, 2.75) is 0 Å². The third-order valence-corrected chi connectivity index (χ3v) is 2.89. The van der Waals surface area contributed by atoms with Crippen molar-refractivity contribution in [1.82, 2.24) is 0 Å². The highest BCUT2D eigenvalue weighted by Crippen LogP contribution is 2.49. The minimum absolute atomic E-state index is 0.495. The Bertz CT molecular complexity index is 210. The number of aliphatic hydroxyl groups is 1. The van der Waals surface area contributed by atoms with Gasteiger partial charge >= 0.3 is 15.9 Å². The summed E-state index contributed by atoms with van der Waals surface area (Å²) >= 11 is 0. The van der Waals surface area contributed by atoms with E-state index in [1.54, 1.807) is 0 Å². The number of hydrogen-bond donors (Lipinski definition) is 3. The zero-order valence-electron chi connectivity index (χ0n) is 5.32. The summed E-state index contributed by atoms with van der Waals surface area (Å²) in [5.41, 5.74) is 0. The van der Waals surface area contributed by atoms with E-state index in [2.05, 4.69) is 4.31 Å². The van der Waals surface area contributed by atoms with E-state index in [4.69, 9.17) is 14.9 Å². The second-order valence-electron chi connectivity index (χ2n) is 1.52. The molecule has 0 aliphatic carbocycles. The van der Waals surface area contributed by atoms with E-state index in [1.807, 2.05) is 0 Å². The average molecular weight is 201 g/mol. The molecule has 0 aromatic heterocycles. The Morgan fingerprint density at radius 3 is 2.55 bits per heavy atom. The highest BCUT2D eigenvalue weighted by atomic mass is 31.2. The second-order valence-corrected chi connectivity index (χ2v) is 4.29. The Morgan fingerprint density at radius 2 is 2.18 bits per heavy atom. The Kier molecular flexibility index (Phi) is 4.49. The summed E-state index contributed by atoms with van der Waals surface area (Å²) < 4.78 is 24.2. The zero-order valence-corrected chi connectivity index (χ0v) is 7.11. The molecule has 0 rings (SSSR count). The summed E-state index contributed by atoms with van der Waals surface area (Å²) in [5.74, 6) is 0. The Morgan fingerprint density at radius 1 is 1.64 bits per heavy atom. The van der Waals surface area contributed by atoms with Crippen LogP contribution in [0.25, 0.3) is 0 Å². The molecule has 0 aromatic rings. The fraction of sp³-hybridized carbons (Fsp3) is 0.333. The van der Waals surface area contributed by atoms with Crippen LogP contribution in [0.5, 0.6) is 0 Å². The first-order chi connectivity index (χ1) is 4.98. The van der Waals surface area contributed by atoms with Crippen LogP contribution in [0.1, 0.15) is 0 Å². The minimum Gasteiger partial charge on any atom is -0.516 e. The lowest BCUT2D eigenvalue weighted by atomic mass is 10.7. The summed E-state index contributed by atoms with van der Waals surface area (Å²) in [6.45, 7) is 0. The number of allylic oxidation sites excluding steroid dienone is 1. The summed E-state index contributed by atoms with van der Waals surface area (Å²) in [6, 6.07) is 0. The van der Waals surface area contributed by atoms with Crippen LogP contribution in [0.15, 0.2) is 12.3 Å². The smallest absolute Gasteiger partial charge is 0.516 e. The molecule has 0 aliphatic rings. The van der Waals surface area contributed by atoms with Crippen LogP contribution >= 0.6 is 15.9 Å². The van der Waals surface area contributed by atoms with Gasteiger partial charge in [0.25, 0.3) is 0 Å². The van der Waals surface area contributed by atoms with Gasteiger partial charge in [0.05, 0.1) is 12.4 Å². The lowest BCUT2D eigenvalue weighted by molar-refractivity contribution is 0.352. The first kappa shape index (κ1) is 10.8. The molecule has 0 spiro atoms. The molecule has 2 unspecified atom stereocenters. The normalized spacial score (nSPS) is 18.2. The third-order valence-electron chi connectivity index (χ3n) is 0.639. The van der Waals surface area contributed by atoms with Crippen molar-refractivity contribution >= 4 is 15.9 Å². The van der Waals surface area contributed by atoms with E-state index >= 15 is 0 Å². The van der Waals surface area contributed by atoms with Gasteiger partial charge < -0.3 is 10.00 Å². The van der Waals surface area contributed by atoms with E-state index < -0.39 is 22.0 Å². The van der Waals surface area contributed by atoms with Gasteiger partial charge in [-0.2, -0.15) is 0 Å². The first-order valence-corrected chi connectivity index (χ1v) is 5.34. The van der Waals surface area contributed by atoms with Crippen LogP contribution in [-0.4, -0.2) is 21.1 Å². The number of hydrogen-bond acceptors (Lipinski definition) is 4. The van der Waals surface area contributed by atoms with Gasteiger partial charge in [0.15, 0.2) is 0 Å². The predicted octanol–water partition coefficient (Wildman–Crippen LogP) is 0.910. The molecule has 2 atom stereocenters. The largest absolute Gasteiger partial charge is 0.703 e. The molecule has 8 heteroatoms. The van der Waals surface area contributed by atoms with E-state index in [9.17, 15) is 9.13 Å². The second kappa shape index (κ2) is 4.59. The molecule has 0 saturated heterocycles. The van der Waals surface area contributed by atoms with Gasteiger partial charge in [-0.15, -0.1) is 4.89 Å². The van der Waals surface area contributed by atoms with E-state index in [1.165, 1.54) is 0 Å². The summed E-state index contributed by atoms with van der Waals surface area (Å²) in [6.07, 6.45) is 1.00. The maximum absolute atomic E-state index is 10.6. The van der Waals surface area contributed by atoms with Gasteiger partial charge in [-0.1, -0.05) is 0 Å². The van der Waals surface area contributed by atoms with Gasteiger partial charge in [-0.3, -0.25) is 4.57 Å². The van der Waals surface area contributed by atoms with Crippen molar-refractivity contribution in [1.29, 1.82) is 0 Å². The van der Waals surface area contributed by atoms with Crippen LogP contribution in [-0.2, 0) is 13.4 Å². The lowest BCUT2D eigenvalue weighted by Crippen LogP contribution is -1.85. The van der Waals surface area contributed by atoms with E-state index in [0.29, 0.717) is 6.26 Å². The molecule has 6 nitrogen and oxygen atoms in total. The van der Waals surface area contributed by atoms with E-state index in [0.717, 1.165) is 6.08 Å². The standard InChI is InChI=1S/C3H6O6P2/c4-2-1-3-11(7,8)9-10(5)6/h1-2H,3H2,(H2-,4,5,6,7,8)/p+1. The molecule has 0 aliphatic heterocycles. The van der Waals surface area contributed by atoms with Crippen LogP contribution in [0.2, 0.25) is 0 Å². The molecule has 0 fully saturated rings. The molecule has 0 saturated carbocycles. The molecule has 11 heavy (non-hydrogen) atoms. The Labute approximate surface area is 63.6 Å². The third kappa shape index (κ3) is 6.16.